The van der Waals surface area contributed by atoms with Crippen LogP contribution < -0.4 is 0 Å². The van der Waals surface area contributed by atoms with Crippen LogP contribution in [0, 0.1) is 17.8 Å². The normalized spacial score (nSPS) is 26.1. The Kier molecular flexibility index (Phi) is 4.75. The first-order valence-corrected chi connectivity index (χ1v) is 6.94. The molecule has 0 aromatic rings. The van der Waals surface area contributed by atoms with Gasteiger partial charge in [-0.25, -0.2) is 0 Å². The van der Waals surface area contributed by atoms with Gasteiger partial charge in [-0.05, 0) is 18.8 Å². The van der Waals surface area contributed by atoms with Crippen LogP contribution in [-0.2, 0) is 14.3 Å². The summed E-state index contributed by atoms with van der Waals surface area (Å²) in [5.74, 6) is -5.02. The number of carbonyl (C=O) groups is 2. The number of halogens is 3. The molecule has 0 spiro atoms. The van der Waals surface area contributed by atoms with Gasteiger partial charge >= 0.3 is 12.1 Å². The molecule has 2 fully saturated rings. The minimum absolute atomic E-state index is 0.0103. The number of alkyl halides is 3. The SMILES string of the molecule is O=C(O)[C@@H]1CN(C(=O)CCOCC2CC2)C[C@H]1C(F)(F)F. The second-order valence-corrected chi connectivity index (χ2v) is 5.66. The minimum atomic E-state index is -4.61. The molecule has 120 valence electrons. The molecule has 0 bridgehead atoms. The molecule has 0 radical (unpaired) electrons. The van der Waals surface area contributed by atoms with Gasteiger partial charge in [0.2, 0.25) is 5.91 Å². The Balaban J connectivity index is 1.82. The lowest BCUT2D eigenvalue weighted by Gasteiger charge is -2.18. The van der Waals surface area contributed by atoms with E-state index in [4.69, 9.17) is 9.84 Å². The molecular formula is C13H18F3NO4. The first kappa shape index (κ1) is 16.1. The van der Waals surface area contributed by atoms with Crippen LogP contribution in [0.3, 0.4) is 0 Å². The molecule has 1 aliphatic heterocycles. The number of hydrogen-bond acceptors (Lipinski definition) is 3. The third-order valence-corrected chi connectivity index (χ3v) is 3.92. The quantitative estimate of drug-likeness (QED) is 0.756. The molecule has 1 amide bonds. The van der Waals surface area contributed by atoms with E-state index in [1.165, 1.54) is 0 Å². The Labute approximate surface area is 120 Å². The van der Waals surface area contributed by atoms with Crippen molar-refractivity contribution in [3.8, 4) is 0 Å². The van der Waals surface area contributed by atoms with Crippen molar-refractivity contribution in [2.75, 3.05) is 26.3 Å². The fourth-order valence-corrected chi connectivity index (χ4v) is 2.44. The van der Waals surface area contributed by atoms with E-state index in [-0.39, 0.29) is 19.6 Å². The van der Waals surface area contributed by atoms with Gasteiger partial charge in [0.1, 0.15) is 0 Å². The Bertz CT molecular complexity index is 409. The van der Waals surface area contributed by atoms with Gasteiger partial charge in [0.25, 0.3) is 0 Å². The zero-order valence-electron chi connectivity index (χ0n) is 11.4. The molecule has 5 nitrogen and oxygen atoms in total. The van der Waals surface area contributed by atoms with E-state index in [9.17, 15) is 22.8 Å². The van der Waals surface area contributed by atoms with Crippen LogP contribution in [0.25, 0.3) is 0 Å². The van der Waals surface area contributed by atoms with Gasteiger partial charge in [0.05, 0.1) is 24.9 Å². The van der Waals surface area contributed by atoms with E-state index in [0.29, 0.717) is 12.5 Å². The van der Waals surface area contributed by atoms with Gasteiger partial charge in [-0.1, -0.05) is 0 Å². The Morgan fingerprint density at radius 3 is 2.38 bits per heavy atom. The number of carbonyl (C=O) groups excluding carboxylic acids is 1. The van der Waals surface area contributed by atoms with E-state index >= 15 is 0 Å². The lowest BCUT2D eigenvalue weighted by molar-refractivity contribution is -0.188. The maximum atomic E-state index is 12.8. The Morgan fingerprint density at radius 2 is 1.90 bits per heavy atom. The van der Waals surface area contributed by atoms with Crippen molar-refractivity contribution < 1.29 is 32.6 Å². The number of aliphatic carboxylic acids is 1. The fourth-order valence-electron chi connectivity index (χ4n) is 2.44. The van der Waals surface area contributed by atoms with E-state index in [2.05, 4.69) is 0 Å². The van der Waals surface area contributed by atoms with Crippen LogP contribution >= 0.6 is 0 Å². The summed E-state index contributed by atoms with van der Waals surface area (Å²) >= 11 is 0. The maximum absolute atomic E-state index is 12.8. The van der Waals surface area contributed by atoms with Crippen molar-refractivity contribution in [2.45, 2.75) is 25.4 Å². The highest BCUT2D eigenvalue weighted by atomic mass is 19.4. The molecule has 1 aliphatic carbocycles. The molecule has 8 heteroatoms. The topological polar surface area (TPSA) is 66.8 Å². The van der Waals surface area contributed by atoms with Gasteiger partial charge in [0.15, 0.2) is 0 Å². The molecule has 1 heterocycles. The standard InChI is InChI=1S/C13H18F3NO4/c14-13(15,16)10-6-17(5-9(10)12(19)20)11(18)3-4-21-7-8-1-2-8/h8-10H,1-7H2,(H,19,20)/t9-,10-/m1/s1. The van der Waals surface area contributed by atoms with Crippen LogP contribution in [0.15, 0.2) is 0 Å². The highest BCUT2D eigenvalue weighted by Gasteiger charge is 2.53. The third-order valence-electron chi connectivity index (χ3n) is 3.92. The molecule has 2 rings (SSSR count). The van der Waals surface area contributed by atoms with Crippen molar-refractivity contribution in [1.29, 1.82) is 0 Å². The summed E-state index contributed by atoms with van der Waals surface area (Å²) < 4.78 is 43.6. The Morgan fingerprint density at radius 1 is 1.24 bits per heavy atom. The first-order chi connectivity index (χ1) is 9.79. The van der Waals surface area contributed by atoms with Crippen molar-refractivity contribution >= 4 is 11.9 Å². The fraction of sp³-hybridized carbons (Fsp3) is 0.846. The molecular weight excluding hydrogens is 291 g/mol. The number of hydrogen-bond donors (Lipinski definition) is 1. The lowest BCUT2D eigenvalue weighted by atomic mass is 9.96. The minimum Gasteiger partial charge on any atom is -0.481 e. The summed E-state index contributed by atoms with van der Waals surface area (Å²) in [6.07, 6.45) is -2.38. The van der Waals surface area contributed by atoms with E-state index in [1.54, 1.807) is 0 Å². The second-order valence-electron chi connectivity index (χ2n) is 5.66. The third kappa shape index (κ3) is 4.33. The van der Waals surface area contributed by atoms with Crippen LogP contribution in [0.1, 0.15) is 19.3 Å². The molecule has 0 aromatic carbocycles. The van der Waals surface area contributed by atoms with Crippen molar-refractivity contribution in [3.63, 3.8) is 0 Å². The molecule has 21 heavy (non-hydrogen) atoms. The van der Waals surface area contributed by atoms with Crippen LogP contribution in [0.2, 0.25) is 0 Å². The molecule has 2 aliphatic rings. The van der Waals surface area contributed by atoms with Crippen molar-refractivity contribution in [1.82, 2.24) is 4.90 Å². The summed E-state index contributed by atoms with van der Waals surface area (Å²) in [7, 11) is 0. The van der Waals surface area contributed by atoms with Crippen LogP contribution in [-0.4, -0.2) is 54.4 Å². The van der Waals surface area contributed by atoms with E-state index < -0.39 is 36.4 Å². The Hall–Kier alpha value is -1.31. The van der Waals surface area contributed by atoms with Crippen LogP contribution in [0.5, 0.6) is 0 Å². The predicted octanol–water partition coefficient (Wildman–Crippen LogP) is 1.52. The van der Waals surface area contributed by atoms with Gasteiger partial charge in [0, 0.05) is 19.7 Å². The highest BCUT2D eigenvalue weighted by Crippen LogP contribution is 2.37. The van der Waals surface area contributed by atoms with Gasteiger partial charge in [-0.2, -0.15) is 13.2 Å². The first-order valence-electron chi connectivity index (χ1n) is 6.94. The van der Waals surface area contributed by atoms with Crippen LogP contribution in [0.4, 0.5) is 13.2 Å². The van der Waals surface area contributed by atoms with Gasteiger partial charge < -0.3 is 14.7 Å². The summed E-state index contributed by atoms with van der Waals surface area (Å²) in [6, 6.07) is 0. The van der Waals surface area contributed by atoms with Crippen molar-refractivity contribution in [2.24, 2.45) is 17.8 Å². The number of ether oxygens (including phenoxy) is 1. The number of nitrogens with zero attached hydrogens (tertiary/aromatic N) is 1. The number of rotatable bonds is 6. The smallest absolute Gasteiger partial charge is 0.394 e. The highest BCUT2D eigenvalue weighted by molar-refractivity contribution is 5.79. The largest absolute Gasteiger partial charge is 0.481 e. The predicted molar refractivity (Wildman–Crippen MR) is 65.4 cm³/mol. The summed E-state index contributed by atoms with van der Waals surface area (Å²) in [6.45, 7) is -0.223. The zero-order chi connectivity index (χ0) is 15.6. The molecule has 1 saturated heterocycles. The summed E-state index contributed by atoms with van der Waals surface area (Å²) in [4.78, 5) is 23.7. The van der Waals surface area contributed by atoms with Gasteiger partial charge in [-0.3, -0.25) is 9.59 Å². The molecule has 1 saturated carbocycles. The zero-order valence-corrected chi connectivity index (χ0v) is 11.4. The van der Waals surface area contributed by atoms with Gasteiger partial charge in [-0.15, -0.1) is 0 Å². The van der Waals surface area contributed by atoms with E-state index in [1.807, 2.05) is 0 Å². The summed E-state index contributed by atoms with van der Waals surface area (Å²) in [5, 5.41) is 8.87. The average molecular weight is 309 g/mol. The summed E-state index contributed by atoms with van der Waals surface area (Å²) in [5.41, 5.74) is 0. The monoisotopic (exact) mass is 309 g/mol. The van der Waals surface area contributed by atoms with Crippen molar-refractivity contribution in [3.05, 3.63) is 0 Å². The average Bonchev–Trinajstić information content (AvgIpc) is 3.07. The second kappa shape index (κ2) is 6.21. The lowest BCUT2D eigenvalue weighted by Crippen LogP contribution is -2.34. The number of amides is 1. The molecule has 1 N–H and O–H groups in total. The molecule has 0 unspecified atom stereocenters. The number of likely N-dealkylation sites (tertiary alicyclic amines) is 1. The molecule has 0 aromatic heterocycles. The number of carboxylic acids is 1. The van der Waals surface area contributed by atoms with E-state index in [0.717, 1.165) is 17.7 Å². The maximum Gasteiger partial charge on any atom is 0.394 e. The number of carboxylic acid groups (broad SMARTS) is 1. The molecule has 2 atom stereocenters.